The SMILES string of the molecule is COc1cc(OC)c(NC(=O)N2CCC(CN3C[C@@H](C)O[C@@H](C)C3)CC2)cc1Cl. The minimum Gasteiger partial charge on any atom is -0.495 e. The topological polar surface area (TPSA) is 63.3 Å². The lowest BCUT2D eigenvalue weighted by Gasteiger charge is -2.39. The summed E-state index contributed by atoms with van der Waals surface area (Å²) in [6.45, 7) is 8.82. The molecule has 0 radical (unpaired) electrons. The van der Waals surface area contributed by atoms with Crippen molar-refractivity contribution in [1.82, 2.24) is 9.80 Å². The van der Waals surface area contributed by atoms with E-state index in [-0.39, 0.29) is 18.2 Å². The first-order valence-corrected chi connectivity index (χ1v) is 10.6. The van der Waals surface area contributed by atoms with Crippen LogP contribution in [0.5, 0.6) is 11.5 Å². The smallest absolute Gasteiger partial charge is 0.321 e. The molecule has 1 aromatic rings. The lowest BCUT2D eigenvalue weighted by molar-refractivity contribution is -0.0728. The minimum absolute atomic E-state index is 0.128. The Labute approximate surface area is 178 Å². The monoisotopic (exact) mass is 425 g/mol. The highest BCUT2D eigenvalue weighted by Gasteiger charge is 2.28. The van der Waals surface area contributed by atoms with Gasteiger partial charge in [0.05, 0.1) is 37.1 Å². The van der Waals surface area contributed by atoms with E-state index in [2.05, 4.69) is 24.1 Å². The zero-order valence-electron chi connectivity index (χ0n) is 17.7. The fraction of sp³-hybridized carbons (Fsp3) is 0.667. The Morgan fingerprint density at radius 3 is 2.34 bits per heavy atom. The lowest BCUT2D eigenvalue weighted by atomic mass is 9.96. The molecule has 8 heteroatoms. The van der Waals surface area contributed by atoms with E-state index in [1.54, 1.807) is 26.4 Å². The van der Waals surface area contributed by atoms with Crippen LogP contribution in [-0.2, 0) is 4.74 Å². The number of carbonyl (C=O) groups is 1. The van der Waals surface area contributed by atoms with Gasteiger partial charge in [-0.25, -0.2) is 4.79 Å². The van der Waals surface area contributed by atoms with Gasteiger partial charge < -0.3 is 24.4 Å². The van der Waals surface area contributed by atoms with Crippen LogP contribution in [0.25, 0.3) is 0 Å². The third-order valence-corrected chi connectivity index (χ3v) is 5.92. The molecule has 2 fully saturated rings. The lowest BCUT2D eigenvalue weighted by Crippen LogP contribution is -2.49. The van der Waals surface area contributed by atoms with Crippen molar-refractivity contribution in [3.8, 4) is 11.5 Å². The number of amides is 2. The highest BCUT2D eigenvalue weighted by molar-refractivity contribution is 6.32. The third kappa shape index (κ3) is 5.68. The molecule has 0 saturated carbocycles. The average molecular weight is 426 g/mol. The average Bonchev–Trinajstić information content (AvgIpc) is 2.68. The standard InChI is InChI=1S/C21H32ClN3O4/c1-14-11-24(12-15(2)29-14)13-16-5-7-25(8-6-16)21(26)23-18-9-17(22)19(27-3)10-20(18)28-4/h9-10,14-16H,5-8,11-13H2,1-4H3,(H,23,26)/t14-,15+. The number of nitrogens with zero attached hydrogens (tertiary/aromatic N) is 2. The van der Waals surface area contributed by atoms with Crippen LogP contribution < -0.4 is 14.8 Å². The second-order valence-electron chi connectivity index (χ2n) is 8.02. The van der Waals surface area contributed by atoms with Gasteiger partial charge >= 0.3 is 6.03 Å². The van der Waals surface area contributed by atoms with Crippen molar-refractivity contribution in [2.75, 3.05) is 52.3 Å². The number of benzene rings is 1. The molecule has 0 unspecified atom stereocenters. The van der Waals surface area contributed by atoms with Crippen molar-refractivity contribution in [2.24, 2.45) is 5.92 Å². The van der Waals surface area contributed by atoms with Gasteiger partial charge in [0.1, 0.15) is 11.5 Å². The molecule has 2 atom stereocenters. The minimum atomic E-state index is -0.128. The largest absolute Gasteiger partial charge is 0.495 e. The number of carbonyl (C=O) groups excluding carboxylic acids is 1. The predicted octanol–water partition coefficient (Wildman–Crippen LogP) is 3.71. The van der Waals surface area contributed by atoms with E-state index in [4.69, 9.17) is 25.8 Å². The zero-order valence-corrected chi connectivity index (χ0v) is 18.5. The number of likely N-dealkylation sites (tertiary alicyclic amines) is 1. The summed E-state index contributed by atoms with van der Waals surface area (Å²) in [4.78, 5) is 17.1. The van der Waals surface area contributed by atoms with Gasteiger partial charge in [0.15, 0.2) is 0 Å². The molecule has 162 valence electrons. The van der Waals surface area contributed by atoms with Gasteiger partial charge in [-0.2, -0.15) is 0 Å². The number of urea groups is 1. The van der Waals surface area contributed by atoms with E-state index >= 15 is 0 Å². The summed E-state index contributed by atoms with van der Waals surface area (Å²) in [6.07, 6.45) is 2.59. The Morgan fingerprint density at radius 2 is 1.76 bits per heavy atom. The highest BCUT2D eigenvalue weighted by Crippen LogP contribution is 2.36. The fourth-order valence-corrected chi connectivity index (χ4v) is 4.51. The first-order chi connectivity index (χ1) is 13.9. The van der Waals surface area contributed by atoms with Crippen LogP contribution in [-0.4, -0.2) is 75.0 Å². The van der Waals surface area contributed by atoms with Gasteiger partial charge in [-0.1, -0.05) is 11.6 Å². The number of hydrogen-bond donors (Lipinski definition) is 1. The van der Waals surface area contributed by atoms with Crippen LogP contribution in [0.15, 0.2) is 12.1 Å². The summed E-state index contributed by atoms with van der Waals surface area (Å²) in [6, 6.07) is 3.20. The van der Waals surface area contributed by atoms with Gasteiger partial charge in [0.25, 0.3) is 0 Å². The van der Waals surface area contributed by atoms with Crippen LogP contribution in [0.4, 0.5) is 10.5 Å². The van der Waals surface area contributed by atoms with Crippen LogP contribution in [0.3, 0.4) is 0 Å². The van der Waals surface area contributed by atoms with Crippen molar-refractivity contribution in [1.29, 1.82) is 0 Å². The number of nitrogens with one attached hydrogen (secondary N) is 1. The van der Waals surface area contributed by atoms with E-state index < -0.39 is 0 Å². The van der Waals surface area contributed by atoms with Gasteiger partial charge in [-0.15, -0.1) is 0 Å². The molecule has 2 saturated heterocycles. The summed E-state index contributed by atoms with van der Waals surface area (Å²) < 4.78 is 16.4. The van der Waals surface area contributed by atoms with Crippen molar-refractivity contribution < 1.29 is 19.0 Å². The second kappa shape index (κ2) is 9.87. The molecule has 3 rings (SSSR count). The van der Waals surface area contributed by atoms with Crippen molar-refractivity contribution in [3.05, 3.63) is 17.2 Å². The number of morpholine rings is 1. The van der Waals surface area contributed by atoms with Crippen LogP contribution in [0.1, 0.15) is 26.7 Å². The Morgan fingerprint density at radius 1 is 1.14 bits per heavy atom. The Bertz CT molecular complexity index is 699. The molecule has 2 amide bonds. The number of ether oxygens (including phenoxy) is 3. The van der Waals surface area contributed by atoms with Gasteiger partial charge in [0, 0.05) is 38.8 Å². The van der Waals surface area contributed by atoms with Crippen molar-refractivity contribution in [3.63, 3.8) is 0 Å². The van der Waals surface area contributed by atoms with E-state index in [1.807, 2.05) is 4.90 Å². The predicted molar refractivity (Wildman–Crippen MR) is 114 cm³/mol. The Balaban J connectivity index is 1.52. The summed E-state index contributed by atoms with van der Waals surface area (Å²) in [5, 5.41) is 3.35. The molecule has 2 aliphatic rings. The first kappa shape index (κ1) is 22.0. The molecule has 0 bridgehead atoms. The molecule has 0 spiro atoms. The number of rotatable bonds is 5. The molecule has 29 heavy (non-hydrogen) atoms. The summed E-state index contributed by atoms with van der Waals surface area (Å²) in [5.74, 6) is 1.64. The van der Waals surface area contributed by atoms with Gasteiger partial charge in [0.2, 0.25) is 0 Å². The summed E-state index contributed by atoms with van der Waals surface area (Å²) >= 11 is 6.20. The second-order valence-corrected chi connectivity index (χ2v) is 8.43. The fourth-order valence-electron chi connectivity index (χ4n) is 4.27. The van der Waals surface area contributed by atoms with Crippen LogP contribution in [0, 0.1) is 5.92 Å². The number of halogens is 1. The van der Waals surface area contributed by atoms with Gasteiger partial charge in [-0.05, 0) is 38.7 Å². The molecule has 2 aliphatic heterocycles. The number of methoxy groups -OCH3 is 2. The molecule has 0 aliphatic carbocycles. The molecule has 7 nitrogen and oxygen atoms in total. The van der Waals surface area contributed by atoms with Crippen molar-refractivity contribution in [2.45, 2.75) is 38.9 Å². The molecule has 1 aromatic carbocycles. The number of hydrogen-bond acceptors (Lipinski definition) is 5. The molecular weight excluding hydrogens is 394 g/mol. The third-order valence-electron chi connectivity index (χ3n) is 5.63. The summed E-state index contributed by atoms with van der Waals surface area (Å²) in [7, 11) is 3.10. The van der Waals surface area contributed by atoms with Gasteiger partial charge in [-0.3, -0.25) is 4.90 Å². The van der Waals surface area contributed by atoms with E-state index in [1.165, 1.54) is 0 Å². The van der Waals surface area contributed by atoms with Crippen LogP contribution in [0.2, 0.25) is 5.02 Å². The first-order valence-electron chi connectivity index (χ1n) is 10.2. The summed E-state index contributed by atoms with van der Waals surface area (Å²) in [5.41, 5.74) is 0.543. The molecule has 0 aromatic heterocycles. The van der Waals surface area contributed by atoms with E-state index in [9.17, 15) is 4.79 Å². The Kier molecular flexibility index (Phi) is 7.49. The zero-order chi connectivity index (χ0) is 21.0. The molecule has 1 N–H and O–H groups in total. The molecular formula is C21H32ClN3O4. The quantitative estimate of drug-likeness (QED) is 0.779. The number of piperidine rings is 1. The highest BCUT2D eigenvalue weighted by atomic mass is 35.5. The maximum atomic E-state index is 12.7. The molecule has 2 heterocycles. The van der Waals surface area contributed by atoms with Crippen LogP contribution >= 0.6 is 11.6 Å². The maximum Gasteiger partial charge on any atom is 0.321 e. The Hall–Kier alpha value is -1.70. The van der Waals surface area contributed by atoms with E-state index in [0.717, 1.165) is 45.6 Å². The maximum absolute atomic E-state index is 12.7. The normalized spacial score (nSPS) is 23.7. The van der Waals surface area contributed by atoms with E-state index in [0.29, 0.717) is 28.1 Å². The van der Waals surface area contributed by atoms with Crippen molar-refractivity contribution >= 4 is 23.3 Å². The number of anilines is 1.